The maximum Gasteiger partial charge on any atom is 0.114 e. The first-order valence-corrected chi connectivity index (χ1v) is 6.74. The van der Waals surface area contributed by atoms with Gasteiger partial charge in [-0.3, -0.25) is 0 Å². The molecule has 0 fully saturated rings. The molecule has 0 saturated heterocycles. The van der Waals surface area contributed by atoms with Gasteiger partial charge in [0.2, 0.25) is 0 Å². The Morgan fingerprint density at radius 1 is 1.32 bits per heavy atom. The molecule has 0 aliphatic carbocycles. The van der Waals surface area contributed by atoms with Crippen molar-refractivity contribution in [1.29, 1.82) is 0 Å². The molecule has 3 nitrogen and oxygen atoms in total. The number of nitrogens with one attached hydrogen (secondary N) is 1. The van der Waals surface area contributed by atoms with E-state index in [-0.39, 0.29) is 11.3 Å². The fourth-order valence-corrected chi connectivity index (χ4v) is 2.34. The summed E-state index contributed by atoms with van der Waals surface area (Å²) in [5, 5.41) is 0. The largest absolute Gasteiger partial charge is 0.348 e. The highest BCUT2D eigenvalue weighted by Gasteiger charge is 2.20. The standard InChI is InChI=1S/C16H23N3/c1-11-5-6-12(16(2,3)4)9-13(11)14(10-17)15-18-7-8-19-15/h5-9,14H,10,17H2,1-4H3,(H,18,19). The highest BCUT2D eigenvalue weighted by molar-refractivity contribution is 5.39. The zero-order valence-corrected chi connectivity index (χ0v) is 12.2. The molecule has 0 aliphatic rings. The quantitative estimate of drug-likeness (QED) is 0.887. The van der Waals surface area contributed by atoms with Crippen molar-refractivity contribution in [1.82, 2.24) is 9.97 Å². The van der Waals surface area contributed by atoms with E-state index in [1.807, 2.05) is 6.20 Å². The molecule has 0 saturated carbocycles. The molecular weight excluding hydrogens is 234 g/mol. The molecule has 1 atom stereocenters. The van der Waals surface area contributed by atoms with Gasteiger partial charge >= 0.3 is 0 Å². The maximum atomic E-state index is 5.96. The van der Waals surface area contributed by atoms with Crippen LogP contribution in [0.5, 0.6) is 0 Å². The van der Waals surface area contributed by atoms with E-state index in [2.05, 4.69) is 55.9 Å². The molecule has 1 aromatic carbocycles. The van der Waals surface area contributed by atoms with Crippen LogP contribution in [0.1, 0.15) is 49.2 Å². The van der Waals surface area contributed by atoms with Gasteiger partial charge in [0.25, 0.3) is 0 Å². The SMILES string of the molecule is Cc1ccc(C(C)(C)C)cc1C(CN)c1ncc[nH]1. The van der Waals surface area contributed by atoms with E-state index in [4.69, 9.17) is 5.73 Å². The van der Waals surface area contributed by atoms with E-state index < -0.39 is 0 Å². The Bertz CT molecular complexity index is 536. The van der Waals surface area contributed by atoms with Gasteiger partial charge in [0, 0.05) is 18.9 Å². The fraction of sp³-hybridized carbons (Fsp3) is 0.438. The van der Waals surface area contributed by atoms with Crippen LogP contribution >= 0.6 is 0 Å². The number of benzene rings is 1. The molecule has 0 amide bonds. The van der Waals surface area contributed by atoms with E-state index in [0.717, 1.165) is 5.82 Å². The zero-order chi connectivity index (χ0) is 14.0. The molecular formula is C16H23N3. The second-order valence-corrected chi connectivity index (χ2v) is 6.08. The first-order valence-electron chi connectivity index (χ1n) is 6.74. The number of rotatable bonds is 3. The Kier molecular flexibility index (Phi) is 3.76. The molecule has 102 valence electrons. The number of nitrogens with two attached hydrogens (primary N) is 1. The first-order chi connectivity index (χ1) is 8.93. The average Bonchev–Trinajstić information content (AvgIpc) is 2.84. The first kappa shape index (κ1) is 13.8. The lowest BCUT2D eigenvalue weighted by Gasteiger charge is -2.23. The molecule has 1 unspecified atom stereocenters. The van der Waals surface area contributed by atoms with Gasteiger partial charge in [-0.25, -0.2) is 4.98 Å². The second kappa shape index (κ2) is 5.17. The fourth-order valence-electron chi connectivity index (χ4n) is 2.34. The van der Waals surface area contributed by atoms with Crippen molar-refractivity contribution in [3.63, 3.8) is 0 Å². The minimum absolute atomic E-state index is 0.136. The predicted octanol–water partition coefficient (Wildman–Crippen LogP) is 3.11. The van der Waals surface area contributed by atoms with Crippen LogP contribution in [0.3, 0.4) is 0 Å². The van der Waals surface area contributed by atoms with Gasteiger partial charge in [-0.15, -0.1) is 0 Å². The van der Waals surface area contributed by atoms with E-state index in [0.29, 0.717) is 6.54 Å². The van der Waals surface area contributed by atoms with Crippen LogP contribution in [0.25, 0.3) is 0 Å². The second-order valence-electron chi connectivity index (χ2n) is 6.08. The summed E-state index contributed by atoms with van der Waals surface area (Å²) in [5.41, 5.74) is 9.97. The third-order valence-corrected chi connectivity index (χ3v) is 3.61. The van der Waals surface area contributed by atoms with Crippen LogP contribution < -0.4 is 5.73 Å². The van der Waals surface area contributed by atoms with Gasteiger partial charge in [0.05, 0.1) is 5.92 Å². The highest BCUT2D eigenvalue weighted by atomic mass is 14.9. The topological polar surface area (TPSA) is 54.7 Å². The van der Waals surface area contributed by atoms with Crippen molar-refractivity contribution in [2.45, 2.75) is 39.0 Å². The Balaban J connectivity index is 2.48. The van der Waals surface area contributed by atoms with Gasteiger partial charge in [0.15, 0.2) is 0 Å². The number of aromatic nitrogens is 2. The maximum absolute atomic E-state index is 5.96. The van der Waals surface area contributed by atoms with Crippen molar-refractivity contribution in [2.75, 3.05) is 6.54 Å². The smallest absolute Gasteiger partial charge is 0.114 e. The summed E-state index contributed by atoms with van der Waals surface area (Å²) in [5.74, 6) is 1.08. The lowest BCUT2D eigenvalue weighted by atomic mass is 9.83. The summed E-state index contributed by atoms with van der Waals surface area (Å²) in [6.45, 7) is 9.37. The van der Waals surface area contributed by atoms with Crippen LogP contribution in [0, 0.1) is 6.92 Å². The monoisotopic (exact) mass is 257 g/mol. The molecule has 1 heterocycles. The summed E-state index contributed by atoms with van der Waals surface area (Å²) < 4.78 is 0. The highest BCUT2D eigenvalue weighted by Crippen LogP contribution is 2.30. The Hall–Kier alpha value is -1.61. The van der Waals surface area contributed by atoms with Crippen LogP contribution in [0.2, 0.25) is 0 Å². The Labute approximate surface area is 115 Å². The normalized spacial score (nSPS) is 13.5. The lowest BCUT2D eigenvalue weighted by molar-refractivity contribution is 0.587. The van der Waals surface area contributed by atoms with Crippen LogP contribution in [-0.2, 0) is 5.41 Å². The van der Waals surface area contributed by atoms with Crippen molar-refractivity contribution in [2.24, 2.45) is 5.73 Å². The van der Waals surface area contributed by atoms with E-state index in [1.54, 1.807) is 6.20 Å². The molecule has 3 N–H and O–H groups in total. The Morgan fingerprint density at radius 2 is 2.05 bits per heavy atom. The van der Waals surface area contributed by atoms with Crippen LogP contribution in [0.4, 0.5) is 0 Å². The number of H-pyrrole nitrogens is 1. The zero-order valence-electron chi connectivity index (χ0n) is 12.2. The summed E-state index contributed by atoms with van der Waals surface area (Å²) >= 11 is 0. The number of hydrogen-bond donors (Lipinski definition) is 2. The van der Waals surface area contributed by atoms with Gasteiger partial charge in [-0.05, 0) is 29.0 Å². The molecule has 19 heavy (non-hydrogen) atoms. The molecule has 1 aromatic heterocycles. The number of aromatic amines is 1. The minimum Gasteiger partial charge on any atom is -0.348 e. The summed E-state index contributed by atoms with van der Waals surface area (Å²) in [6.07, 6.45) is 3.63. The average molecular weight is 257 g/mol. The summed E-state index contributed by atoms with van der Waals surface area (Å²) in [7, 11) is 0. The van der Waals surface area contributed by atoms with Crippen molar-refractivity contribution < 1.29 is 0 Å². The summed E-state index contributed by atoms with van der Waals surface area (Å²) in [6, 6.07) is 6.66. The molecule has 0 radical (unpaired) electrons. The number of nitrogens with zero attached hydrogens (tertiary/aromatic N) is 1. The summed E-state index contributed by atoms with van der Waals surface area (Å²) in [4.78, 5) is 7.54. The predicted molar refractivity (Wildman–Crippen MR) is 79.4 cm³/mol. The molecule has 2 rings (SSSR count). The van der Waals surface area contributed by atoms with Gasteiger partial charge < -0.3 is 10.7 Å². The third-order valence-electron chi connectivity index (χ3n) is 3.61. The van der Waals surface area contributed by atoms with Crippen LogP contribution in [-0.4, -0.2) is 16.5 Å². The Morgan fingerprint density at radius 3 is 2.58 bits per heavy atom. The third kappa shape index (κ3) is 2.87. The molecule has 3 heteroatoms. The molecule has 0 aliphatic heterocycles. The minimum atomic E-state index is 0.136. The van der Waals surface area contributed by atoms with E-state index >= 15 is 0 Å². The van der Waals surface area contributed by atoms with Gasteiger partial charge in [-0.1, -0.05) is 39.0 Å². The lowest BCUT2D eigenvalue weighted by Crippen LogP contribution is -2.18. The number of imidazole rings is 1. The molecule has 2 aromatic rings. The number of aryl methyl sites for hydroxylation is 1. The van der Waals surface area contributed by atoms with E-state index in [9.17, 15) is 0 Å². The van der Waals surface area contributed by atoms with Gasteiger partial charge in [0.1, 0.15) is 5.82 Å². The molecule has 0 bridgehead atoms. The van der Waals surface area contributed by atoms with Crippen molar-refractivity contribution >= 4 is 0 Å². The number of hydrogen-bond acceptors (Lipinski definition) is 2. The van der Waals surface area contributed by atoms with Gasteiger partial charge in [-0.2, -0.15) is 0 Å². The van der Waals surface area contributed by atoms with E-state index in [1.165, 1.54) is 16.7 Å². The van der Waals surface area contributed by atoms with Crippen molar-refractivity contribution in [3.8, 4) is 0 Å². The van der Waals surface area contributed by atoms with Crippen LogP contribution in [0.15, 0.2) is 30.6 Å². The molecule has 0 spiro atoms. The van der Waals surface area contributed by atoms with Crippen molar-refractivity contribution in [3.05, 3.63) is 53.1 Å².